The molecule has 22 heavy (non-hydrogen) atoms. The first-order valence-corrected chi connectivity index (χ1v) is 7.21. The fraction of sp³-hybridized carbons (Fsp3) is 0. The first kappa shape index (κ1) is 15.3. The highest BCUT2D eigenvalue weighted by Crippen LogP contribution is 2.31. The number of rotatable bonds is 4. The fourth-order valence-electron chi connectivity index (χ4n) is 1.49. The molecule has 0 heterocycles. The molecule has 0 saturated heterocycles. The Labute approximate surface area is 124 Å². The number of hydrogen-bond donors (Lipinski definition) is 2. The van der Waals surface area contributed by atoms with Crippen molar-refractivity contribution in [3.05, 3.63) is 52.9 Å². The molecule has 10 heteroatoms. The van der Waals surface area contributed by atoms with Crippen LogP contribution >= 0.6 is 0 Å². The van der Waals surface area contributed by atoms with Gasteiger partial charge >= 0.3 is 0 Å². The molecular weight excluding hydrogens is 310 g/mol. The average molecular weight is 319 g/mol. The van der Waals surface area contributed by atoms with Crippen molar-refractivity contribution in [3.63, 3.8) is 0 Å². The smallest absolute Gasteiger partial charge is 0.264 e. The largest absolute Gasteiger partial charge is 0.508 e. The first-order valence-electron chi connectivity index (χ1n) is 5.77. The fourth-order valence-corrected chi connectivity index (χ4v) is 2.16. The molecule has 0 aliphatic heterocycles. The molecular formula is C12H9N5O4S. The molecule has 0 saturated carbocycles. The van der Waals surface area contributed by atoms with E-state index in [9.17, 15) is 13.5 Å². The van der Waals surface area contributed by atoms with Gasteiger partial charge in [-0.1, -0.05) is 0 Å². The summed E-state index contributed by atoms with van der Waals surface area (Å²) in [6.45, 7) is 0. The van der Waals surface area contributed by atoms with Crippen LogP contribution in [-0.4, -0.2) is 18.6 Å². The van der Waals surface area contributed by atoms with Crippen molar-refractivity contribution in [2.24, 2.45) is 14.7 Å². The van der Waals surface area contributed by atoms with Crippen LogP contribution in [-0.2, 0) is 10.0 Å². The zero-order valence-electron chi connectivity index (χ0n) is 10.9. The highest BCUT2D eigenvalue weighted by molar-refractivity contribution is 7.90. The normalized spacial score (nSPS) is 11.3. The van der Waals surface area contributed by atoms with Gasteiger partial charge in [-0.3, -0.25) is 0 Å². The van der Waals surface area contributed by atoms with Gasteiger partial charge in [0.25, 0.3) is 10.0 Å². The van der Waals surface area contributed by atoms with Gasteiger partial charge in [-0.25, -0.2) is 8.42 Å². The third kappa shape index (κ3) is 3.51. The van der Waals surface area contributed by atoms with E-state index in [4.69, 9.17) is 10.6 Å². The van der Waals surface area contributed by atoms with Crippen molar-refractivity contribution < 1.29 is 18.6 Å². The van der Waals surface area contributed by atoms with E-state index < -0.39 is 10.0 Å². The molecule has 9 nitrogen and oxygen atoms in total. The number of phenolic OH excluding ortho intramolecular Hbond substituents is 2. The number of azide groups is 1. The molecule has 0 spiro atoms. The molecule has 2 N–H and O–H groups in total. The van der Waals surface area contributed by atoms with Crippen molar-refractivity contribution in [2.75, 3.05) is 0 Å². The minimum atomic E-state index is -4.04. The van der Waals surface area contributed by atoms with Crippen LogP contribution in [0.3, 0.4) is 0 Å². The van der Waals surface area contributed by atoms with E-state index in [1.54, 1.807) is 0 Å². The van der Waals surface area contributed by atoms with Gasteiger partial charge in [-0.2, -0.15) is 5.11 Å². The lowest BCUT2D eigenvalue weighted by Crippen LogP contribution is -1.93. The lowest BCUT2D eigenvalue weighted by molar-refractivity contribution is 0.451. The molecule has 0 bridgehead atoms. The van der Waals surface area contributed by atoms with E-state index in [0.29, 0.717) is 5.69 Å². The van der Waals surface area contributed by atoms with E-state index in [1.807, 2.05) is 0 Å². The van der Waals surface area contributed by atoms with E-state index in [0.717, 1.165) is 6.07 Å². The number of phenols is 2. The van der Waals surface area contributed by atoms with Gasteiger partial charge in [0.15, 0.2) is 0 Å². The lowest BCUT2D eigenvalue weighted by atomic mass is 10.3. The van der Waals surface area contributed by atoms with Crippen LogP contribution in [0.4, 0.5) is 11.4 Å². The monoisotopic (exact) mass is 319 g/mol. The van der Waals surface area contributed by atoms with Gasteiger partial charge < -0.3 is 10.2 Å². The molecule has 0 amide bonds. The summed E-state index contributed by atoms with van der Waals surface area (Å²) in [6.07, 6.45) is 0. The summed E-state index contributed by atoms with van der Waals surface area (Å²) in [5.41, 5.74) is 8.65. The molecule has 2 aromatic carbocycles. The van der Waals surface area contributed by atoms with Crippen molar-refractivity contribution in [1.82, 2.24) is 0 Å². The van der Waals surface area contributed by atoms with Crippen LogP contribution in [0.25, 0.3) is 10.4 Å². The summed E-state index contributed by atoms with van der Waals surface area (Å²) in [7, 11) is -4.04. The molecule has 0 aromatic heterocycles. The number of benzene rings is 2. The molecule has 112 valence electrons. The van der Waals surface area contributed by atoms with E-state index >= 15 is 0 Å². The Balaban J connectivity index is 2.25. The molecule has 2 rings (SSSR count). The summed E-state index contributed by atoms with van der Waals surface area (Å²) < 4.78 is 25.6. The third-order valence-corrected chi connectivity index (χ3v) is 3.67. The Morgan fingerprint density at radius 3 is 2.27 bits per heavy atom. The predicted molar refractivity (Wildman–Crippen MR) is 76.7 cm³/mol. The minimum Gasteiger partial charge on any atom is -0.508 e. The maximum absolute atomic E-state index is 11.5. The zero-order chi connectivity index (χ0) is 16.2. The van der Waals surface area contributed by atoms with Gasteiger partial charge in [-0.15, -0.1) is 5.11 Å². The summed E-state index contributed by atoms with van der Waals surface area (Å²) >= 11 is 0. The van der Waals surface area contributed by atoms with Gasteiger partial charge in [0.1, 0.15) is 17.2 Å². The number of aromatic hydroxyl groups is 2. The second-order valence-corrected chi connectivity index (χ2v) is 5.60. The number of azo groups is 1. The van der Waals surface area contributed by atoms with Crippen molar-refractivity contribution in [3.8, 4) is 11.5 Å². The molecule has 2 aromatic rings. The summed E-state index contributed by atoms with van der Waals surface area (Å²) in [5.74, 6) is -0.352. The number of nitrogens with zero attached hydrogens (tertiary/aromatic N) is 5. The average Bonchev–Trinajstić information content (AvgIpc) is 2.47. The van der Waals surface area contributed by atoms with Crippen LogP contribution in [0.5, 0.6) is 11.5 Å². The SMILES string of the molecule is [N-]=[N+]=NS(=O)(=O)c1ccc(/N=N/c2ccc(O)cc2O)cc1. The van der Waals surface area contributed by atoms with Crippen LogP contribution < -0.4 is 0 Å². The molecule has 0 aliphatic rings. The van der Waals surface area contributed by atoms with E-state index in [-0.39, 0.29) is 22.1 Å². The highest BCUT2D eigenvalue weighted by atomic mass is 32.2. The second-order valence-electron chi connectivity index (χ2n) is 4.01. The van der Waals surface area contributed by atoms with Gasteiger partial charge in [0.2, 0.25) is 0 Å². The zero-order valence-corrected chi connectivity index (χ0v) is 11.7. The van der Waals surface area contributed by atoms with Crippen LogP contribution in [0.1, 0.15) is 0 Å². The predicted octanol–water partition coefficient (Wildman–Crippen LogP) is 3.51. The number of sulfonamides is 1. The van der Waals surface area contributed by atoms with Crippen molar-refractivity contribution in [2.45, 2.75) is 4.90 Å². The van der Waals surface area contributed by atoms with Crippen LogP contribution in [0.15, 0.2) is 62.1 Å². The highest BCUT2D eigenvalue weighted by Gasteiger charge is 2.11. The Kier molecular flexibility index (Phi) is 4.25. The van der Waals surface area contributed by atoms with Gasteiger partial charge in [0, 0.05) is 15.5 Å². The van der Waals surface area contributed by atoms with E-state index in [2.05, 4.69) is 19.7 Å². The summed E-state index contributed by atoms with van der Waals surface area (Å²) in [4.78, 5) is 2.08. The van der Waals surface area contributed by atoms with Gasteiger partial charge in [-0.05, 0) is 41.9 Å². The first-order chi connectivity index (χ1) is 10.4. The maximum atomic E-state index is 11.5. The topological polar surface area (TPSA) is 148 Å². The van der Waals surface area contributed by atoms with Crippen molar-refractivity contribution >= 4 is 21.4 Å². The van der Waals surface area contributed by atoms with Crippen LogP contribution in [0, 0.1) is 0 Å². The van der Waals surface area contributed by atoms with E-state index in [1.165, 1.54) is 36.4 Å². The molecule has 0 radical (unpaired) electrons. The minimum absolute atomic E-state index is 0.107. The van der Waals surface area contributed by atoms with Crippen molar-refractivity contribution in [1.29, 1.82) is 0 Å². The third-order valence-electron chi connectivity index (χ3n) is 2.51. The molecule has 0 fully saturated rings. The Hall–Kier alpha value is -3.10. The Morgan fingerprint density at radius 1 is 1.00 bits per heavy atom. The Morgan fingerprint density at radius 2 is 1.68 bits per heavy atom. The number of hydrogen-bond acceptors (Lipinski definition) is 6. The van der Waals surface area contributed by atoms with Crippen LogP contribution in [0.2, 0.25) is 0 Å². The molecule has 0 aliphatic carbocycles. The maximum Gasteiger partial charge on any atom is 0.264 e. The molecule has 0 atom stereocenters. The Bertz CT molecular complexity index is 871. The summed E-state index contributed by atoms with van der Waals surface area (Å²) in [5, 5.41) is 26.3. The van der Waals surface area contributed by atoms with Gasteiger partial charge in [0.05, 0.1) is 10.6 Å². The lowest BCUT2D eigenvalue weighted by Gasteiger charge is -1.99. The standard InChI is InChI=1S/C12H9N5O4S/c13-16-17-22(20,21)10-4-1-8(2-5-10)14-15-11-6-3-9(18)7-12(11)19/h1-7,18-19H/b15-14+. The molecule has 0 unspecified atom stereocenters. The summed E-state index contributed by atoms with van der Waals surface area (Å²) in [6, 6.07) is 8.98. The quantitative estimate of drug-likeness (QED) is 0.503. The second kappa shape index (κ2) is 6.12.